The van der Waals surface area contributed by atoms with Crippen molar-refractivity contribution in [1.82, 2.24) is 5.32 Å². The molecule has 1 N–H and O–H groups in total. The number of ether oxygens (including phenoxy) is 2. The van der Waals surface area contributed by atoms with E-state index in [1.807, 2.05) is 0 Å². The molecule has 10 nitrogen and oxygen atoms in total. The number of anilines is 1. The van der Waals surface area contributed by atoms with Gasteiger partial charge in [-0.15, -0.1) is 0 Å². The van der Waals surface area contributed by atoms with Crippen LogP contribution in [-0.4, -0.2) is 29.4 Å². The molecular formula is C27H21BrClN3O7. The maximum absolute atomic E-state index is 13.3. The summed E-state index contributed by atoms with van der Waals surface area (Å²) in [4.78, 5) is 49.8. The number of hydrogen-bond acceptors (Lipinski definition) is 7. The third-order valence-electron chi connectivity index (χ3n) is 5.66. The first kappa shape index (κ1) is 27.8. The number of non-ortho nitro benzene ring substituents is 1. The van der Waals surface area contributed by atoms with E-state index >= 15 is 0 Å². The Morgan fingerprint density at radius 3 is 2.56 bits per heavy atom. The van der Waals surface area contributed by atoms with E-state index in [0.29, 0.717) is 32.1 Å². The maximum atomic E-state index is 13.3. The number of rotatable bonds is 8. The van der Waals surface area contributed by atoms with Gasteiger partial charge in [0.2, 0.25) is 0 Å². The van der Waals surface area contributed by atoms with Crippen molar-refractivity contribution in [3.05, 3.63) is 96.5 Å². The number of halogens is 2. The predicted octanol–water partition coefficient (Wildman–Crippen LogP) is 5.96. The molecule has 0 unspecified atom stereocenters. The van der Waals surface area contributed by atoms with E-state index in [-0.39, 0.29) is 30.2 Å². The van der Waals surface area contributed by atoms with Gasteiger partial charge in [-0.25, -0.2) is 9.69 Å². The van der Waals surface area contributed by atoms with Crippen LogP contribution in [0.25, 0.3) is 6.08 Å². The second-order valence-corrected chi connectivity index (χ2v) is 9.63. The molecule has 200 valence electrons. The molecule has 4 amide bonds. The number of urea groups is 1. The van der Waals surface area contributed by atoms with Crippen LogP contribution in [-0.2, 0) is 16.2 Å². The van der Waals surface area contributed by atoms with E-state index in [1.54, 1.807) is 50.2 Å². The molecule has 3 aromatic rings. The van der Waals surface area contributed by atoms with Crippen molar-refractivity contribution in [2.45, 2.75) is 20.5 Å². The van der Waals surface area contributed by atoms with Gasteiger partial charge in [0.1, 0.15) is 12.2 Å². The van der Waals surface area contributed by atoms with Gasteiger partial charge in [0.15, 0.2) is 11.5 Å². The topological polar surface area (TPSA) is 128 Å². The van der Waals surface area contributed by atoms with Crippen molar-refractivity contribution in [1.29, 1.82) is 0 Å². The Kier molecular flexibility index (Phi) is 8.32. The molecule has 3 aromatic carbocycles. The predicted molar refractivity (Wildman–Crippen MR) is 148 cm³/mol. The number of imide groups is 2. The minimum Gasteiger partial charge on any atom is -0.490 e. The molecule has 39 heavy (non-hydrogen) atoms. The number of nitrogens with one attached hydrogen (secondary N) is 1. The SMILES string of the molecule is CCOc1cc(/C=C2/C(=O)NC(=O)N(c3ccc(C)c(Cl)c3)C2=O)cc(Br)c1OCc1cccc([N+](=O)[O-])c1. The van der Waals surface area contributed by atoms with Gasteiger partial charge < -0.3 is 9.47 Å². The number of amides is 4. The van der Waals surface area contributed by atoms with E-state index in [2.05, 4.69) is 21.2 Å². The first-order chi connectivity index (χ1) is 18.6. The minimum absolute atomic E-state index is 0.0257. The van der Waals surface area contributed by atoms with Crippen molar-refractivity contribution >= 4 is 62.8 Å². The maximum Gasteiger partial charge on any atom is 0.335 e. The fraction of sp³-hybridized carbons (Fsp3) is 0.148. The van der Waals surface area contributed by atoms with Gasteiger partial charge in [-0.2, -0.15) is 0 Å². The summed E-state index contributed by atoms with van der Waals surface area (Å²) in [5.74, 6) is -1.02. The number of carbonyl (C=O) groups is 3. The molecule has 0 aliphatic carbocycles. The molecule has 0 atom stereocenters. The molecule has 12 heteroatoms. The third kappa shape index (κ3) is 6.10. The number of carbonyl (C=O) groups excluding carboxylic acids is 3. The molecule has 1 heterocycles. The average Bonchev–Trinajstić information content (AvgIpc) is 2.88. The number of nitro benzene ring substituents is 1. The number of hydrogen-bond donors (Lipinski definition) is 1. The van der Waals surface area contributed by atoms with E-state index in [1.165, 1.54) is 24.3 Å². The Morgan fingerprint density at radius 2 is 1.87 bits per heavy atom. The molecule has 0 radical (unpaired) electrons. The van der Waals surface area contributed by atoms with Gasteiger partial charge in [-0.3, -0.25) is 25.0 Å². The lowest BCUT2D eigenvalue weighted by Crippen LogP contribution is -2.54. The third-order valence-corrected chi connectivity index (χ3v) is 6.66. The zero-order valence-corrected chi connectivity index (χ0v) is 23.0. The van der Waals surface area contributed by atoms with E-state index in [4.69, 9.17) is 21.1 Å². The molecule has 1 saturated heterocycles. The van der Waals surface area contributed by atoms with Crippen LogP contribution in [0.4, 0.5) is 16.2 Å². The van der Waals surface area contributed by atoms with Gasteiger partial charge in [-0.05, 0) is 76.8 Å². The fourth-order valence-electron chi connectivity index (χ4n) is 3.77. The highest BCUT2D eigenvalue weighted by atomic mass is 79.9. The van der Waals surface area contributed by atoms with Crippen molar-refractivity contribution in [3.63, 3.8) is 0 Å². The molecule has 1 aliphatic heterocycles. The molecule has 0 spiro atoms. The Bertz CT molecular complexity index is 1540. The zero-order chi connectivity index (χ0) is 28.3. The first-order valence-corrected chi connectivity index (χ1v) is 12.8. The molecule has 0 bridgehead atoms. The van der Waals surface area contributed by atoms with Crippen molar-refractivity contribution in [2.24, 2.45) is 0 Å². The molecule has 1 fully saturated rings. The monoisotopic (exact) mass is 613 g/mol. The summed E-state index contributed by atoms with van der Waals surface area (Å²) in [5, 5.41) is 13.6. The van der Waals surface area contributed by atoms with Crippen LogP contribution in [0.1, 0.15) is 23.6 Å². The van der Waals surface area contributed by atoms with E-state index in [9.17, 15) is 24.5 Å². The van der Waals surface area contributed by atoms with E-state index < -0.39 is 22.8 Å². The second-order valence-electron chi connectivity index (χ2n) is 8.37. The summed E-state index contributed by atoms with van der Waals surface area (Å²) in [6.45, 7) is 3.87. The summed E-state index contributed by atoms with van der Waals surface area (Å²) < 4.78 is 12.1. The quantitative estimate of drug-likeness (QED) is 0.143. The Balaban J connectivity index is 1.65. The first-order valence-electron chi connectivity index (χ1n) is 11.6. The lowest BCUT2D eigenvalue weighted by atomic mass is 10.1. The lowest BCUT2D eigenvalue weighted by Gasteiger charge is -2.26. The number of nitrogens with zero attached hydrogens (tertiary/aromatic N) is 2. The summed E-state index contributed by atoms with van der Waals surface area (Å²) in [6.07, 6.45) is 1.34. The molecule has 0 aromatic heterocycles. The Labute approximate surface area is 236 Å². The zero-order valence-electron chi connectivity index (χ0n) is 20.7. The second kappa shape index (κ2) is 11.7. The molecule has 1 aliphatic rings. The average molecular weight is 615 g/mol. The minimum atomic E-state index is -0.886. The highest BCUT2D eigenvalue weighted by molar-refractivity contribution is 9.10. The largest absolute Gasteiger partial charge is 0.490 e. The van der Waals surface area contributed by atoms with Gasteiger partial charge in [0, 0.05) is 17.2 Å². The normalized spacial score (nSPS) is 14.4. The summed E-state index contributed by atoms with van der Waals surface area (Å²) in [6, 6.07) is 13.1. The van der Waals surface area contributed by atoms with Crippen LogP contribution in [0.3, 0.4) is 0 Å². The molecular weight excluding hydrogens is 594 g/mol. The number of benzene rings is 3. The highest BCUT2D eigenvalue weighted by Gasteiger charge is 2.37. The standard InChI is InChI=1S/C27H21BrClN3O7/c1-3-38-23-12-17(11-21(28)24(23)39-14-16-5-4-6-19(9-16)32(36)37)10-20-25(33)30-27(35)31(26(20)34)18-8-7-15(2)22(29)13-18/h4-13H,3,14H2,1-2H3,(H,30,33,35)/b20-10-. The van der Waals surface area contributed by atoms with Crippen LogP contribution >= 0.6 is 27.5 Å². The fourth-order valence-corrected chi connectivity index (χ4v) is 4.52. The Hall–Kier alpha value is -4.22. The van der Waals surface area contributed by atoms with Gasteiger partial charge in [0.25, 0.3) is 17.5 Å². The lowest BCUT2D eigenvalue weighted by molar-refractivity contribution is -0.384. The summed E-state index contributed by atoms with van der Waals surface area (Å²) >= 11 is 9.62. The van der Waals surface area contributed by atoms with Crippen molar-refractivity contribution in [2.75, 3.05) is 11.5 Å². The van der Waals surface area contributed by atoms with Gasteiger partial charge in [0.05, 0.1) is 21.7 Å². The Morgan fingerprint density at radius 1 is 1.10 bits per heavy atom. The molecule has 0 saturated carbocycles. The van der Waals surface area contributed by atoms with Crippen LogP contribution < -0.4 is 19.7 Å². The van der Waals surface area contributed by atoms with Gasteiger partial charge >= 0.3 is 6.03 Å². The summed E-state index contributed by atoms with van der Waals surface area (Å²) in [5.41, 5.74) is 1.65. The number of barbiturate groups is 1. The van der Waals surface area contributed by atoms with Crippen LogP contribution in [0.2, 0.25) is 5.02 Å². The van der Waals surface area contributed by atoms with Crippen molar-refractivity contribution < 1.29 is 28.8 Å². The van der Waals surface area contributed by atoms with Gasteiger partial charge in [-0.1, -0.05) is 29.8 Å². The van der Waals surface area contributed by atoms with Crippen molar-refractivity contribution in [3.8, 4) is 11.5 Å². The highest BCUT2D eigenvalue weighted by Crippen LogP contribution is 2.38. The smallest absolute Gasteiger partial charge is 0.335 e. The molecule has 4 rings (SSSR count). The number of aryl methyl sites for hydroxylation is 1. The van der Waals surface area contributed by atoms with Crippen LogP contribution in [0, 0.1) is 17.0 Å². The number of nitro groups is 1. The van der Waals surface area contributed by atoms with Crippen LogP contribution in [0.5, 0.6) is 11.5 Å². The summed E-state index contributed by atoms with van der Waals surface area (Å²) in [7, 11) is 0. The van der Waals surface area contributed by atoms with Crippen LogP contribution in [0.15, 0.2) is 64.6 Å². The van der Waals surface area contributed by atoms with E-state index in [0.717, 1.165) is 10.5 Å².